The number of hydrogen-bond donors (Lipinski definition) is 1. The summed E-state index contributed by atoms with van der Waals surface area (Å²) in [4.78, 5) is 20.1. The second-order valence-corrected chi connectivity index (χ2v) is 5.88. The van der Waals surface area contributed by atoms with Crippen LogP contribution in [0, 0.1) is 18.7 Å². The molecule has 116 valence electrons. The highest BCUT2D eigenvalue weighted by Crippen LogP contribution is 2.30. The Morgan fingerprint density at radius 2 is 2.17 bits per heavy atom. The van der Waals surface area contributed by atoms with Crippen LogP contribution in [-0.2, 0) is 4.79 Å². The lowest BCUT2D eigenvalue weighted by atomic mass is 10.1. The van der Waals surface area contributed by atoms with Crippen molar-refractivity contribution in [1.29, 1.82) is 0 Å². The van der Waals surface area contributed by atoms with Crippen LogP contribution in [0.5, 0.6) is 0 Å². The van der Waals surface area contributed by atoms with E-state index in [4.69, 9.17) is 0 Å². The molecule has 1 N–H and O–H groups in total. The number of rotatable bonds is 3. The van der Waals surface area contributed by atoms with Crippen molar-refractivity contribution in [2.24, 2.45) is 5.92 Å². The van der Waals surface area contributed by atoms with Gasteiger partial charge in [-0.2, -0.15) is 0 Å². The van der Waals surface area contributed by atoms with Crippen molar-refractivity contribution in [2.75, 3.05) is 5.32 Å². The van der Waals surface area contributed by atoms with Gasteiger partial charge in [-0.05, 0) is 38.0 Å². The Bertz CT molecular complexity index is 914. The summed E-state index contributed by atoms with van der Waals surface area (Å²) in [7, 11) is 0. The van der Waals surface area contributed by atoms with Gasteiger partial charge >= 0.3 is 0 Å². The molecule has 0 aliphatic heterocycles. The lowest BCUT2D eigenvalue weighted by Gasteiger charge is -2.05. The van der Waals surface area contributed by atoms with E-state index in [0.717, 1.165) is 24.1 Å². The maximum Gasteiger partial charge on any atom is 0.228 e. The Morgan fingerprint density at radius 3 is 2.96 bits per heavy atom. The van der Waals surface area contributed by atoms with Gasteiger partial charge in [0.05, 0.1) is 12.4 Å². The number of anilines is 1. The molecular weight excluding hydrogens is 295 g/mol. The molecule has 0 aromatic carbocycles. The minimum atomic E-state index is -0.364. The summed E-state index contributed by atoms with van der Waals surface area (Å²) in [5.74, 6) is 0.302. The Morgan fingerprint density at radius 1 is 1.35 bits per heavy atom. The van der Waals surface area contributed by atoms with E-state index in [1.807, 2.05) is 13.0 Å². The maximum absolute atomic E-state index is 14.0. The van der Waals surface area contributed by atoms with Gasteiger partial charge in [-0.3, -0.25) is 9.78 Å². The number of pyridine rings is 2. The van der Waals surface area contributed by atoms with Gasteiger partial charge in [-0.15, -0.1) is 0 Å². The second kappa shape index (κ2) is 5.15. The van der Waals surface area contributed by atoms with Crippen LogP contribution < -0.4 is 5.32 Å². The van der Waals surface area contributed by atoms with Crippen LogP contribution >= 0.6 is 0 Å². The maximum atomic E-state index is 14.0. The van der Waals surface area contributed by atoms with Crippen molar-refractivity contribution in [3.63, 3.8) is 0 Å². The number of fused-ring (bicyclic) bond motifs is 1. The third kappa shape index (κ3) is 2.67. The largest absolute Gasteiger partial charge is 0.309 e. The van der Waals surface area contributed by atoms with E-state index in [9.17, 15) is 9.18 Å². The highest BCUT2D eigenvalue weighted by atomic mass is 19.1. The van der Waals surface area contributed by atoms with E-state index in [1.54, 1.807) is 28.9 Å². The molecule has 23 heavy (non-hydrogen) atoms. The van der Waals surface area contributed by atoms with Gasteiger partial charge < -0.3 is 9.72 Å². The van der Waals surface area contributed by atoms with Gasteiger partial charge in [0.25, 0.3) is 0 Å². The van der Waals surface area contributed by atoms with Crippen molar-refractivity contribution < 1.29 is 9.18 Å². The van der Waals surface area contributed by atoms with Crippen LogP contribution in [0.4, 0.5) is 10.2 Å². The number of carbonyl (C=O) groups excluding carboxylic acids is 1. The molecule has 3 aromatic heterocycles. The van der Waals surface area contributed by atoms with Crippen molar-refractivity contribution in [3.05, 3.63) is 48.3 Å². The lowest BCUT2D eigenvalue weighted by Crippen LogP contribution is -2.13. The zero-order chi connectivity index (χ0) is 16.0. The monoisotopic (exact) mass is 310 g/mol. The molecule has 0 saturated heterocycles. The number of amides is 1. The van der Waals surface area contributed by atoms with E-state index in [1.165, 1.54) is 6.20 Å². The normalized spacial score (nSPS) is 14.2. The van der Waals surface area contributed by atoms with Crippen LogP contribution in [0.2, 0.25) is 0 Å². The molecule has 0 radical (unpaired) electrons. The van der Waals surface area contributed by atoms with E-state index >= 15 is 0 Å². The molecule has 1 aliphatic rings. The minimum absolute atomic E-state index is 0.0180. The lowest BCUT2D eigenvalue weighted by molar-refractivity contribution is -0.117. The third-order valence-corrected chi connectivity index (χ3v) is 3.95. The molecule has 1 fully saturated rings. The van der Waals surface area contributed by atoms with E-state index in [-0.39, 0.29) is 17.6 Å². The van der Waals surface area contributed by atoms with Gasteiger partial charge in [-0.25, -0.2) is 9.37 Å². The molecule has 1 aliphatic carbocycles. The number of aromatic nitrogens is 3. The predicted molar refractivity (Wildman–Crippen MR) is 84.5 cm³/mol. The summed E-state index contributed by atoms with van der Waals surface area (Å²) in [5.41, 5.74) is 2.69. The second-order valence-electron chi connectivity index (χ2n) is 5.88. The number of carbonyl (C=O) groups is 1. The standard InChI is InChI=1S/C17H15FN4O/c1-10-6-13(14(18)7-19-10)12-4-5-16-20-15(9-22(16)8-12)21-17(23)11-2-3-11/h4-9,11H,2-3H2,1H3,(H,21,23). The molecule has 3 aromatic rings. The number of hydrogen-bond acceptors (Lipinski definition) is 3. The molecule has 0 atom stereocenters. The first-order valence-electron chi connectivity index (χ1n) is 7.52. The summed E-state index contributed by atoms with van der Waals surface area (Å²) in [5, 5.41) is 2.82. The fraction of sp³-hybridized carbons (Fsp3) is 0.235. The zero-order valence-electron chi connectivity index (χ0n) is 12.6. The van der Waals surface area contributed by atoms with Gasteiger partial charge in [0, 0.05) is 28.9 Å². The average molecular weight is 310 g/mol. The molecule has 0 bridgehead atoms. The van der Waals surface area contributed by atoms with E-state index in [2.05, 4.69) is 15.3 Å². The summed E-state index contributed by atoms with van der Waals surface area (Å²) in [6.07, 6.45) is 6.66. The van der Waals surface area contributed by atoms with Crippen LogP contribution in [0.3, 0.4) is 0 Å². The van der Waals surface area contributed by atoms with E-state index < -0.39 is 0 Å². The molecule has 1 amide bonds. The quantitative estimate of drug-likeness (QED) is 0.808. The molecule has 1 saturated carbocycles. The van der Waals surface area contributed by atoms with Crippen molar-refractivity contribution in [1.82, 2.24) is 14.4 Å². The third-order valence-electron chi connectivity index (χ3n) is 3.95. The average Bonchev–Trinajstić information content (AvgIpc) is 3.30. The first-order valence-corrected chi connectivity index (χ1v) is 7.52. The Hall–Kier alpha value is -2.76. The summed E-state index contributed by atoms with van der Waals surface area (Å²) >= 11 is 0. The van der Waals surface area contributed by atoms with Crippen molar-refractivity contribution in [2.45, 2.75) is 19.8 Å². The topological polar surface area (TPSA) is 59.3 Å². The first-order chi connectivity index (χ1) is 11.1. The minimum Gasteiger partial charge on any atom is -0.309 e. The summed E-state index contributed by atoms with van der Waals surface area (Å²) in [6, 6.07) is 5.33. The van der Waals surface area contributed by atoms with Crippen LogP contribution in [0.1, 0.15) is 18.5 Å². The SMILES string of the molecule is Cc1cc(-c2ccc3nc(NC(=O)C4CC4)cn3c2)c(F)cn1. The van der Waals surface area contributed by atoms with Gasteiger partial charge in [0.15, 0.2) is 5.82 Å². The molecule has 0 unspecified atom stereocenters. The molecular formula is C17H15FN4O. The van der Waals surface area contributed by atoms with Crippen LogP contribution in [0.15, 0.2) is 36.8 Å². The predicted octanol–water partition coefficient (Wildman–Crippen LogP) is 3.19. The first kappa shape index (κ1) is 13.9. The Balaban J connectivity index is 1.69. The number of halogens is 1. The fourth-order valence-corrected chi connectivity index (χ4v) is 2.55. The molecule has 4 rings (SSSR count). The number of imidazole rings is 1. The number of nitrogens with one attached hydrogen (secondary N) is 1. The van der Waals surface area contributed by atoms with Gasteiger partial charge in [0.1, 0.15) is 11.5 Å². The Kier molecular flexibility index (Phi) is 3.11. The van der Waals surface area contributed by atoms with Crippen molar-refractivity contribution >= 4 is 17.4 Å². The van der Waals surface area contributed by atoms with Crippen LogP contribution in [-0.4, -0.2) is 20.3 Å². The highest BCUT2D eigenvalue weighted by Gasteiger charge is 2.29. The zero-order valence-corrected chi connectivity index (χ0v) is 12.6. The van der Waals surface area contributed by atoms with E-state index in [0.29, 0.717) is 17.0 Å². The van der Waals surface area contributed by atoms with Crippen molar-refractivity contribution in [3.8, 4) is 11.1 Å². The summed E-state index contributed by atoms with van der Waals surface area (Å²) < 4.78 is 15.8. The summed E-state index contributed by atoms with van der Waals surface area (Å²) in [6.45, 7) is 1.82. The molecule has 5 nitrogen and oxygen atoms in total. The Labute approximate surface area is 132 Å². The fourth-order valence-electron chi connectivity index (χ4n) is 2.55. The van der Waals surface area contributed by atoms with Gasteiger partial charge in [0.2, 0.25) is 5.91 Å². The number of nitrogens with zero attached hydrogens (tertiary/aromatic N) is 3. The molecule has 0 spiro atoms. The molecule has 3 heterocycles. The molecule has 6 heteroatoms. The van der Waals surface area contributed by atoms with Crippen LogP contribution in [0.25, 0.3) is 16.8 Å². The highest BCUT2D eigenvalue weighted by molar-refractivity contribution is 5.93. The number of aryl methyl sites for hydroxylation is 1. The van der Waals surface area contributed by atoms with Gasteiger partial charge in [-0.1, -0.05) is 0 Å². The smallest absolute Gasteiger partial charge is 0.228 e.